The molecule has 3 aliphatic heterocycles. The third-order valence-corrected chi connectivity index (χ3v) is 5.58. The average molecular weight is 297 g/mol. The van der Waals surface area contributed by atoms with Crippen LogP contribution in [0.2, 0.25) is 0 Å². The van der Waals surface area contributed by atoms with Crippen LogP contribution < -0.4 is 5.32 Å². The van der Waals surface area contributed by atoms with Gasteiger partial charge in [0.15, 0.2) is 5.17 Å². The summed E-state index contributed by atoms with van der Waals surface area (Å²) in [6.07, 6.45) is 5.61. The first-order valence-corrected chi connectivity index (χ1v) is 8.57. The number of nitrogens with zero attached hydrogens (tertiary/aromatic N) is 2. The number of carbonyl (C=O) groups excluding carboxylic acids is 1. The first kappa shape index (κ1) is 14.2. The molecule has 20 heavy (non-hydrogen) atoms. The summed E-state index contributed by atoms with van der Waals surface area (Å²) < 4.78 is 5.42. The number of thioether (sulfide) groups is 1. The van der Waals surface area contributed by atoms with Crippen LogP contribution >= 0.6 is 11.8 Å². The smallest absolute Gasteiger partial charge is 0.244 e. The van der Waals surface area contributed by atoms with Crippen LogP contribution in [-0.2, 0) is 9.53 Å². The van der Waals surface area contributed by atoms with Gasteiger partial charge in [-0.1, -0.05) is 11.8 Å². The van der Waals surface area contributed by atoms with Crippen molar-refractivity contribution < 1.29 is 9.53 Å². The molecule has 0 aromatic rings. The molecule has 0 aromatic carbocycles. The molecule has 0 aromatic heterocycles. The van der Waals surface area contributed by atoms with E-state index in [0.717, 1.165) is 62.9 Å². The third kappa shape index (κ3) is 3.28. The lowest BCUT2D eigenvalue weighted by molar-refractivity contribution is -0.130. The fourth-order valence-electron chi connectivity index (χ4n) is 3.00. The van der Waals surface area contributed by atoms with Gasteiger partial charge >= 0.3 is 0 Å². The molecule has 3 fully saturated rings. The van der Waals surface area contributed by atoms with E-state index in [1.807, 2.05) is 4.90 Å². The minimum atomic E-state index is 0.163. The van der Waals surface area contributed by atoms with E-state index >= 15 is 0 Å². The Hall–Kier alpha value is -0.750. The van der Waals surface area contributed by atoms with Gasteiger partial charge in [-0.15, -0.1) is 0 Å². The lowest BCUT2D eigenvalue weighted by Crippen LogP contribution is -2.48. The van der Waals surface area contributed by atoms with Crippen LogP contribution in [0.25, 0.3) is 0 Å². The van der Waals surface area contributed by atoms with Crippen molar-refractivity contribution in [3.63, 3.8) is 0 Å². The number of nitrogens with one attached hydrogen (secondary N) is 1. The number of hydrogen-bond acceptors (Lipinski definition) is 4. The molecule has 3 heterocycles. The Bertz CT molecular complexity index is 388. The summed E-state index contributed by atoms with van der Waals surface area (Å²) in [6, 6.07) is 0. The topological polar surface area (TPSA) is 53.9 Å². The Balaban J connectivity index is 1.50. The number of rotatable bonds is 2. The predicted molar refractivity (Wildman–Crippen MR) is 81.1 cm³/mol. The summed E-state index contributed by atoms with van der Waals surface area (Å²) in [5, 5.41) is 4.47. The lowest BCUT2D eigenvalue weighted by atomic mass is 9.93. The van der Waals surface area contributed by atoms with Crippen LogP contribution in [0.5, 0.6) is 0 Å². The van der Waals surface area contributed by atoms with Crippen LogP contribution in [0.1, 0.15) is 32.1 Å². The fraction of sp³-hybridized carbons (Fsp3) is 0.857. The van der Waals surface area contributed by atoms with Crippen molar-refractivity contribution in [2.75, 3.05) is 38.6 Å². The quantitative estimate of drug-likeness (QED) is 0.833. The summed E-state index contributed by atoms with van der Waals surface area (Å²) in [7, 11) is 0. The number of aliphatic imine (C=N–C) groups is 1. The van der Waals surface area contributed by atoms with Crippen LogP contribution in [-0.4, -0.2) is 60.1 Å². The molecule has 3 saturated heterocycles. The summed E-state index contributed by atoms with van der Waals surface area (Å²) >= 11 is 1.75. The number of hydrogen-bond donors (Lipinski definition) is 1. The SMILES string of the molecule is O=C(CN=C1NC2(CCOCC2)CS1)N1CCCCC1. The van der Waals surface area contributed by atoms with Crippen molar-refractivity contribution in [2.24, 2.45) is 4.99 Å². The Morgan fingerprint density at radius 2 is 2.05 bits per heavy atom. The number of amidine groups is 1. The molecule has 0 unspecified atom stereocenters. The zero-order valence-electron chi connectivity index (χ0n) is 11.9. The monoisotopic (exact) mass is 297 g/mol. The van der Waals surface area contributed by atoms with Gasteiger partial charge in [-0.3, -0.25) is 9.79 Å². The maximum Gasteiger partial charge on any atom is 0.244 e. The Morgan fingerprint density at radius 3 is 2.80 bits per heavy atom. The Labute approximate surface area is 124 Å². The molecule has 0 radical (unpaired) electrons. The minimum absolute atomic E-state index is 0.163. The van der Waals surface area contributed by atoms with Gasteiger partial charge in [-0.25, -0.2) is 0 Å². The summed E-state index contributed by atoms with van der Waals surface area (Å²) in [5.74, 6) is 1.22. The van der Waals surface area contributed by atoms with E-state index in [2.05, 4.69) is 10.3 Å². The normalized spacial score (nSPS) is 27.8. The van der Waals surface area contributed by atoms with Crippen molar-refractivity contribution in [1.82, 2.24) is 10.2 Å². The summed E-state index contributed by atoms with van der Waals surface area (Å²) in [4.78, 5) is 18.5. The van der Waals surface area contributed by atoms with Gasteiger partial charge in [0, 0.05) is 32.1 Å². The molecular formula is C14H23N3O2S. The molecule has 0 saturated carbocycles. The van der Waals surface area contributed by atoms with E-state index < -0.39 is 0 Å². The molecular weight excluding hydrogens is 274 g/mol. The summed E-state index contributed by atoms with van der Waals surface area (Å²) in [5.41, 5.74) is 0.163. The largest absolute Gasteiger partial charge is 0.381 e. The molecule has 0 atom stereocenters. The van der Waals surface area contributed by atoms with Crippen molar-refractivity contribution in [2.45, 2.75) is 37.6 Å². The van der Waals surface area contributed by atoms with E-state index in [9.17, 15) is 4.79 Å². The van der Waals surface area contributed by atoms with Gasteiger partial charge in [0.1, 0.15) is 6.54 Å². The number of amides is 1. The van der Waals surface area contributed by atoms with Gasteiger partial charge in [-0.05, 0) is 32.1 Å². The molecule has 1 amide bonds. The molecule has 3 aliphatic rings. The highest BCUT2D eigenvalue weighted by molar-refractivity contribution is 8.14. The number of piperidine rings is 1. The Kier molecular flexibility index (Phi) is 4.51. The molecule has 1 spiro atoms. The molecule has 112 valence electrons. The van der Waals surface area contributed by atoms with Gasteiger partial charge in [0.2, 0.25) is 5.91 Å². The first-order chi connectivity index (χ1) is 9.77. The number of likely N-dealkylation sites (tertiary alicyclic amines) is 1. The highest BCUT2D eigenvalue weighted by Gasteiger charge is 2.38. The maximum absolute atomic E-state index is 12.1. The van der Waals surface area contributed by atoms with Crippen molar-refractivity contribution >= 4 is 22.8 Å². The van der Waals surface area contributed by atoms with E-state index in [0.29, 0.717) is 6.54 Å². The third-order valence-electron chi connectivity index (χ3n) is 4.37. The second kappa shape index (κ2) is 6.35. The molecule has 0 aliphatic carbocycles. The average Bonchev–Trinajstić information content (AvgIpc) is 2.89. The van der Waals surface area contributed by atoms with Crippen LogP contribution in [0.3, 0.4) is 0 Å². The molecule has 5 nitrogen and oxygen atoms in total. The standard InChI is InChI=1S/C14H23N3O2S/c18-12(17-6-2-1-3-7-17)10-15-13-16-14(11-20-13)4-8-19-9-5-14/h1-11H2,(H,15,16). The lowest BCUT2D eigenvalue weighted by Gasteiger charge is -2.32. The number of carbonyl (C=O) groups is 1. The molecule has 3 rings (SSSR count). The fourth-order valence-corrected chi connectivity index (χ4v) is 4.22. The predicted octanol–water partition coefficient (Wildman–Crippen LogP) is 1.24. The zero-order chi connectivity index (χ0) is 13.8. The van der Waals surface area contributed by atoms with E-state index in [-0.39, 0.29) is 11.4 Å². The molecule has 0 bridgehead atoms. The zero-order valence-corrected chi connectivity index (χ0v) is 12.7. The van der Waals surface area contributed by atoms with E-state index in [1.165, 1.54) is 6.42 Å². The minimum Gasteiger partial charge on any atom is -0.381 e. The van der Waals surface area contributed by atoms with Crippen LogP contribution in [0.4, 0.5) is 0 Å². The highest BCUT2D eigenvalue weighted by Crippen LogP contribution is 2.31. The van der Waals surface area contributed by atoms with Crippen molar-refractivity contribution in [1.29, 1.82) is 0 Å². The second-order valence-corrected chi connectivity index (χ2v) is 6.83. The van der Waals surface area contributed by atoms with E-state index in [4.69, 9.17) is 4.74 Å². The van der Waals surface area contributed by atoms with Gasteiger partial charge in [0.25, 0.3) is 0 Å². The van der Waals surface area contributed by atoms with Crippen molar-refractivity contribution in [3.8, 4) is 0 Å². The van der Waals surface area contributed by atoms with Crippen LogP contribution in [0.15, 0.2) is 4.99 Å². The first-order valence-electron chi connectivity index (χ1n) is 7.58. The van der Waals surface area contributed by atoms with E-state index in [1.54, 1.807) is 11.8 Å². The van der Waals surface area contributed by atoms with Gasteiger partial charge in [0.05, 0.1) is 5.54 Å². The van der Waals surface area contributed by atoms with Gasteiger partial charge < -0.3 is 15.0 Å². The van der Waals surface area contributed by atoms with Crippen LogP contribution in [0, 0.1) is 0 Å². The second-order valence-electron chi connectivity index (χ2n) is 5.87. The maximum atomic E-state index is 12.1. The number of ether oxygens (including phenoxy) is 1. The summed E-state index contributed by atoms with van der Waals surface area (Å²) in [6.45, 7) is 3.76. The molecule has 6 heteroatoms. The molecule has 1 N–H and O–H groups in total. The Morgan fingerprint density at radius 1 is 1.30 bits per heavy atom. The highest BCUT2D eigenvalue weighted by atomic mass is 32.2. The van der Waals surface area contributed by atoms with Gasteiger partial charge in [-0.2, -0.15) is 0 Å². The van der Waals surface area contributed by atoms with Crippen molar-refractivity contribution in [3.05, 3.63) is 0 Å².